The molecule has 1 rings (SSSR count). The summed E-state index contributed by atoms with van der Waals surface area (Å²) < 4.78 is 5.10. The van der Waals surface area contributed by atoms with Crippen LogP contribution in [0.25, 0.3) is 0 Å². The third-order valence-electron chi connectivity index (χ3n) is 3.25. The maximum atomic E-state index is 11.8. The second-order valence-corrected chi connectivity index (χ2v) is 6.01. The molecule has 0 heterocycles. The molecule has 0 aliphatic carbocycles. The van der Waals surface area contributed by atoms with E-state index >= 15 is 0 Å². The summed E-state index contributed by atoms with van der Waals surface area (Å²) in [5.41, 5.74) is 1.29. The number of hydrogen-bond acceptors (Lipinski definition) is 3. The SMILES string of the molecule is CC(C)COC(=O)C(C)NC(=O)CCCCc1ccccc1. The molecule has 0 bridgehead atoms. The highest BCUT2D eigenvalue weighted by Gasteiger charge is 2.16. The van der Waals surface area contributed by atoms with Crippen LogP contribution in [0.1, 0.15) is 45.6 Å². The van der Waals surface area contributed by atoms with Crippen molar-refractivity contribution in [3.05, 3.63) is 35.9 Å². The molecule has 0 saturated carbocycles. The first kappa shape index (κ1) is 18.2. The Labute approximate surface area is 133 Å². The van der Waals surface area contributed by atoms with Gasteiger partial charge in [-0.05, 0) is 37.7 Å². The number of amides is 1. The minimum absolute atomic E-state index is 0.0953. The van der Waals surface area contributed by atoms with Crippen molar-refractivity contribution in [2.45, 2.75) is 52.5 Å². The zero-order chi connectivity index (χ0) is 16.4. The number of benzene rings is 1. The fourth-order valence-corrected chi connectivity index (χ4v) is 2.01. The van der Waals surface area contributed by atoms with Crippen LogP contribution < -0.4 is 5.32 Å². The van der Waals surface area contributed by atoms with E-state index in [0.29, 0.717) is 18.9 Å². The minimum atomic E-state index is -0.583. The van der Waals surface area contributed by atoms with Crippen LogP contribution in [0, 0.1) is 5.92 Å². The van der Waals surface area contributed by atoms with Crippen molar-refractivity contribution >= 4 is 11.9 Å². The molecule has 4 heteroatoms. The van der Waals surface area contributed by atoms with Gasteiger partial charge in [-0.15, -0.1) is 0 Å². The number of esters is 1. The summed E-state index contributed by atoms with van der Waals surface area (Å²) in [6.07, 6.45) is 3.19. The van der Waals surface area contributed by atoms with Crippen molar-refractivity contribution in [1.29, 1.82) is 0 Å². The van der Waals surface area contributed by atoms with Crippen molar-refractivity contribution in [2.75, 3.05) is 6.61 Å². The predicted octanol–water partition coefficient (Wildman–Crippen LogP) is 3.10. The Balaban J connectivity index is 2.16. The Bertz CT molecular complexity index is 457. The molecule has 1 N–H and O–H groups in total. The van der Waals surface area contributed by atoms with Gasteiger partial charge >= 0.3 is 5.97 Å². The van der Waals surface area contributed by atoms with E-state index in [1.165, 1.54) is 5.56 Å². The second-order valence-electron chi connectivity index (χ2n) is 6.01. The molecule has 0 aromatic heterocycles. The lowest BCUT2D eigenvalue weighted by atomic mass is 10.1. The number of rotatable bonds is 9. The van der Waals surface area contributed by atoms with Gasteiger partial charge in [0.1, 0.15) is 6.04 Å². The first-order valence-electron chi connectivity index (χ1n) is 7.99. The van der Waals surface area contributed by atoms with E-state index < -0.39 is 6.04 Å². The van der Waals surface area contributed by atoms with E-state index in [-0.39, 0.29) is 11.9 Å². The van der Waals surface area contributed by atoms with Crippen LogP contribution in [0.4, 0.5) is 0 Å². The first-order valence-corrected chi connectivity index (χ1v) is 7.99. The lowest BCUT2D eigenvalue weighted by Gasteiger charge is -2.14. The Hall–Kier alpha value is -1.84. The second kappa shape index (κ2) is 9.98. The summed E-state index contributed by atoms with van der Waals surface area (Å²) in [5, 5.41) is 2.69. The monoisotopic (exact) mass is 305 g/mol. The lowest BCUT2D eigenvalue weighted by molar-refractivity contribution is -0.148. The Morgan fingerprint density at radius 1 is 1.09 bits per heavy atom. The average Bonchev–Trinajstić information content (AvgIpc) is 2.50. The molecule has 1 aromatic rings. The quantitative estimate of drug-likeness (QED) is 0.563. The molecule has 0 aliphatic rings. The Morgan fingerprint density at radius 3 is 2.41 bits per heavy atom. The van der Waals surface area contributed by atoms with E-state index in [2.05, 4.69) is 17.4 Å². The van der Waals surface area contributed by atoms with Gasteiger partial charge in [-0.3, -0.25) is 4.79 Å². The van der Waals surface area contributed by atoms with E-state index in [4.69, 9.17) is 4.74 Å². The van der Waals surface area contributed by atoms with Crippen LogP contribution in [0.5, 0.6) is 0 Å². The summed E-state index contributed by atoms with van der Waals surface area (Å²) in [5.74, 6) is -0.168. The third-order valence-corrected chi connectivity index (χ3v) is 3.25. The summed E-state index contributed by atoms with van der Waals surface area (Å²) >= 11 is 0. The number of nitrogens with one attached hydrogen (secondary N) is 1. The molecular formula is C18H27NO3. The number of carbonyl (C=O) groups excluding carboxylic acids is 2. The maximum absolute atomic E-state index is 11.8. The van der Waals surface area contributed by atoms with Crippen molar-refractivity contribution in [2.24, 2.45) is 5.92 Å². The highest BCUT2D eigenvalue weighted by atomic mass is 16.5. The molecular weight excluding hydrogens is 278 g/mol. The van der Waals surface area contributed by atoms with Crippen molar-refractivity contribution < 1.29 is 14.3 Å². The molecule has 1 unspecified atom stereocenters. The van der Waals surface area contributed by atoms with Gasteiger partial charge in [0.2, 0.25) is 5.91 Å². The molecule has 1 atom stereocenters. The molecule has 0 aliphatic heterocycles. The van der Waals surface area contributed by atoms with Gasteiger partial charge in [0.05, 0.1) is 6.61 Å². The molecule has 1 aromatic carbocycles. The van der Waals surface area contributed by atoms with E-state index in [0.717, 1.165) is 19.3 Å². The maximum Gasteiger partial charge on any atom is 0.328 e. The van der Waals surface area contributed by atoms with Gasteiger partial charge in [-0.2, -0.15) is 0 Å². The van der Waals surface area contributed by atoms with E-state index in [1.54, 1.807) is 6.92 Å². The largest absolute Gasteiger partial charge is 0.464 e. The topological polar surface area (TPSA) is 55.4 Å². The van der Waals surface area contributed by atoms with Crippen molar-refractivity contribution in [1.82, 2.24) is 5.32 Å². The summed E-state index contributed by atoms with van der Waals surface area (Å²) in [4.78, 5) is 23.4. The van der Waals surface area contributed by atoms with E-state index in [1.807, 2.05) is 32.0 Å². The van der Waals surface area contributed by atoms with Gasteiger partial charge in [0.15, 0.2) is 0 Å². The van der Waals surface area contributed by atoms with Crippen LogP contribution in [0.2, 0.25) is 0 Å². The number of unbranched alkanes of at least 4 members (excludes halogenated alkanes) is 1. The number of carbonyl (C=O) groups is 2. The standard InChI is InChI=1S/C18H27NO3/c1-14(2)13-22-18(21)15(3)19-17(20)12-8-7-11-16-9-5-4-6-10-16/h4-6,9-10,14-15H,7-8,11-13H2,1-3H3,(H,19,20). The molecule has 122 valence electrons. The molecule has 0 spiro atoms. The normalized spacial score (nSPS) is 12.0. The van der Waals surface area contributed by atoms with Crippen LogP contribution in [-0.2, 0) is 20.7 Å². The summed E-state index contributed by atoms with van der Waals surface area (Å²) in [6.45, 7) is 5.99. The van der Waals surface area contributed by atoms with E-state index in [9.17, 15) is 9.59 Å². The number of hydrogen-bond donors (Lipinski definition) is 1. The summed E-state index contributed by atoms with van der Waals surface area (Å²) in [7, 11) is 0. The third kappa shape index (κ3) is 7.81. The van der Waals surface area contributed by atoms with Crippen LogP contribution in [0.15, 0.2) is 30.3 Å². The number of ether oxygens (including phenoxy) is 1. The smallest absolute Gasteiger partial charge is 0.328 e. The van der Waals surface area contributed by atoms with Gasteiger partial charge in [-0.25, -0.2) is 4.79 Å². The Morgan fingerprint density at radius 2 is 1.77 bits per heavy atom. The first-order chi connectivity index (χ1) is 10.5. The molecule has 0 saturated heterocycles. The molecule has 22 heavy (non-hydrogen) atoms. The highest BCUT2D eigenvalue weighted by molar-refractivity contribution is 5.84. The molecule has 0 fully saturated rings. The molecule has 4 nitrogen and oxygen atoms in total. The fraction of sp³-hybridized carbons (Fsp3) is 0.556. The van der Waals surface area contributed by atoms with Crippen LogP contribution in [-0.4, -0.2) is 24.5 Å². The average molecular weight is 305 g/mol. The van der Waals surface area contributed by atoms with Gasteiger partial charge in [0, 0.05) is 6.42 Å². The highest BCUT2D eigenvalue weighted by Crippen LogP contribution is 2.06. The van der Waals surface area contributed by atoms with Crippen molar-refractivity contribution in [3.63, 3.8) is 0 Å². The zero-order valence-corrected chi connectivity index (χ0v) is 13.8. The molecule has 1 amide bonds. The summed E-state index contributed by atoms with van der Waals surface area (Å²) in [6, 6.07) is 9.63. The Kier molecular flexibility index (Phi) is 8.26. The lowest BCUT2D eigenvalue weighted by Crippen LogP contribution is -2.39. The minimum Gasteiger partial charge on any atom is -0.464 e. The fourth-order valence-electron chi connectivity index (χ4n) is 2.01. The van der Waals surface area contributed by atoms with Gasteiger partial charge in [0.25, 0.3) is 0 Å². The molecule has 0 radical (unpaired) electrons. The van der Waals surface area contributed by atoms with Crippen LogP contribution >= 0.6 is 0 Å². The van der Waals surface area contributed by atoms with Gasteiger partial charge < -0.3 is 10.1 Å². The van der Waals surface area contributed by atoms with Crippen molar-refractivity contribution in [3.8, 4) is 0 Å². The predicted molar refractivity (Wildman–Crippen MR) is 87.4 cm³/mol. The number of aryl methyl sites for hydroxylation is 1. The zero-order valence-electron chi connectivity index (χ0n) is 13.8. The van der Waals surface area contributed by atoms with Gasteiger partial charge in [-0.1, -0.05) is 44.2 Å². The van der Waals surface area contributed by atoms with Crippen LogP contribution in [0.3, 0.4) is 0 Å².